The first-order chi connectivity index (χ1) is 24.0. The van der Waals surface area contributed by atoms with Crippen molar-refractivity contribution in [1.82, 2.24) is 5.32 Å². The van der Waals surface area contributed by atoms with E-state index in [9.17, 15) is 27.6 Å². The van der Waals surface area contributed by atoms with E-state index in [0.29, 0.717) is 35.4 Å². The van der Waals surface area contributed by atoms with Gasteiger partial charge in [0.2, 0.25) is 5.91 Å². The molecule has 1 aromatic heterocycles. The van der Waals surface area contributed by atoms with Gasteiger partial charge in [-0.3, -0.25) is 14.4 Å². The zero-order valence-electron chi connectivity index (χ0n) is 27.6. The van der Waals surface area contributed by atoms with E-state index in [2.05, 4.69) is 15.4 Å². The summed E-state index contributed by atoms with van der Waals surface area (Å²) in [5.74, 6) is -2.05. The second-order valence-corrected chi connectivity index (χ2v) is 11.6. The van der Waals surface area contributed by atoms with Gasteiger partial charge in [-0.05, 0) is 91.1 Å². The Kier molecular flexibility index (Phi) is 11.6. The highest BCUT2D eigenvalue weighted by molar-refractivity contribution is 5.97. The van der Waals surface area contributed by atoms with Crippen LogP contribution in [0.1, 0.15) is 66.4 Å². The Balaban J connectivity index is 1.39. The lowest BCUT2D eigenvalue weighted by atomic mass is 9.78. The molecule has 1 heterocycles. The molecule has 5 rings (SSSR count). The number of alkyl halides is 3. The van der Waals surface area contributed by atoms with Crippen molar-refractivity contribution in [3.05, 3.63) is 120 Å². The van der Waals surface area contributed by atoms with Gasteiger partial charge in [-0.25, -0.2) is 0 Å². The number of esters is 1. The molecule has 0 aliphatic heterocycles. The summed E-state index contributed by atoms with van der Waals surface area (Å²) in [7, 11) is 0. The van der Waals surface area contributed by atoms with Crippen LogP contribution in [0, 0.1) is 0 Å². The number of nitrogens with one attached hydrogen (secondary N) is 2. The van der Waals surface area contributed by atoms with Crippen LogP contribution in [0.4, 0.5) is 18.9 Å². The summed E-state index contributed by atoms with van der Waals surface area (Å²) in [6.07, 6.45) is -3.55. The predicted octanol–water partition coefficient (Wildman–Crippen LogP) is 8.99. The molecule has 11 heteroatoms. The van der Waals surface area contributed by atoms with Crippen molar-refractivity contribution in [2.45, 2.75) is 51.3 Å². The third kappa shape index (κ3) is 9.31. The van der Waals surface area contributed by atoms with Crippen molar-refractivity contribution >= 4 is 34.4 Å². The molecule has 50 heavy (non-hydrogen) atoms. The third-order valence-electron chi connectivity index (χ3n) is 8.14. The van der Waals surface area contributed by atoms with Gasteiger partial charge in [-0.1, -0.05) is 55.8 Å². The number of benzene rings is 4. The van der Waals surface area contributed by atoms with E-state index in [0.717, 1.165) is 22.1 Å². The Hall–Kier alpha value is -5.58. The molecule has 1 unspecified atom stereocenters. The van der Waals surface area contributed by atoms with Gasteiger partial charge in [0.05, 0.1) is 18.9 Å². The van der Waals surface area contributed by atoms with E-state index in [1.165, 1.54) is 24.3 Å². The summed E-state index contributed by atoms with van der Waals surface area (Å²) >= 11 is 0. The molecule has 0 fully saturated rings. The largest absolute Gasteiger partial charge is 0.573 e. The van der Waals surface area contributed by atoms with Crippen LogP contribution < -0.4 is 15.4 Å². The monoisotopic (exact) mass is 686 g/mol. The first-order valence-corrected chi connectivity index (χ1v) is 16.3. The second-order valence-electron chi connectivity index (χ2n) is 11.6. The Morgan fingerprint density at radius 3 is 2.16 bits per heavy atom. The zero-order chi connectivity index (χ0) is 35.7. The molecule has 2 N–H and O–H groups in total. The van der Waals surface area contributed by atoms with Gasteiger partial charge in [0.25, 0.3) is 5.91 Å². The lowest BCUT2D eigenvalue weighted by Gasteiger charge is -2.28. The van der Waals surface area contributed by atoms with Crippen LogP contribution in [0.5, 0.6) is 5.75 Å². The first kappa shape index (κ1) is 35.7. The summed E-state index contributed by atoms with van der Waals surface area (Å²) in [6, 6.07) is 29.0. The van der Waals surface area contributed by atoms with E-state index in [4.69, 9.17) is 9.15 Å². The lowest BCUT2D eigenvalue weighted by molar-refractivity contribution is -0.274. The van der Waals surface area contributed by atoms with Crippen molar-refractivity contribution in [3.8, 4) is 17.1 Å². The number of rotatable bonds is 14. The average molecular weight is 687 g/mol. The van der Waals surface area contributed by atoms with Crippen molar-refractivity contribution in [1.29, 1.82) is 0 Å². The maximum absolute atomic E-state index is 14.1. The number of hydrogen-bond donors (Lipinski definition) is 2. The molecule has 0 saturated carbocycles. The van der Waals surface area contributed by atoms with Crippen LogP contribution in [0.25, 0.3) is 22.3 Å². The van der Waals surface area contributed by atoms with Gasteiger partial charge in [0.15, 0.2) is 0 Å². The fourth-order valence-electron chi connectivity index (χ4n) is 5.84. The number of carbonyl (C=O) groups excluding carboxylic acids is 3. The van der Waals surface area contributed by atoms with E-state index in [-0.39, 0.29) is 31.4 Å². The van der Waals surface area contributed by atoms with Crippen molar-refractivity contribution in [2.75, 3.05) is 18.5 Å². The van der Waals surface area contributed by atoms with Gasteiger partial charge in [-0.2, -0.15) is 0 Å². The molecule has 8 nitrogen and oxygen atoms in total. The molecule has 260 valence electrons. The van der Waals surface area contributed by atoms with E-state index in [1.54, 1.807) is 43.3 Å². The van der Waals surface area contributed by atoms with Gasteiger partial charge in [-0.15, -0.1) is 13.2 Å². The summed E-state index contributed by atoms with van der Waals surface area (Å²) in [5.41, 5.74) is 3.75. The quantitative estimate of drug-likeness (QED) is 0.113. The minimum absolute atomic E-state index is 0.0441. The Morgan fingerprint density at radius 1 is 0.840 bits per heavy atom. The zero-order valence-corrected chi connectivity index (χ0v) is 27.6. The van der Waals surface area contributed by atoms with Crippen LogP contribution in [0.15, 0.2) is 108 Å². The number of para-hydroxylation sites is 1. The van der Waals surface area contributed by atoms with Crippen LogP contribution in [0.2, 0.25) is 0 Å². The first-order valence-electron chi connectivity index (χ1n) is 16.3. The molecular weight excluding hydrogens is 649 g/mol. The normalized spacial score (nSPS) is 12.6. The summed E-state index contributed by atoms with van der Waals surface area (Å²) in [4.78, 5) is 38.5. The molecule has 0 spiro atoms. The fraction of sp³-hybridized carbons (Fsp3) is 0.256. The third-order valence-corrected chi connectivity index (χ3v) is 8.14. The summed E-state index contributed by atoms with van der Waals surface area (Å²) in [5, 5.41) is 6.66. The minimum atomic E-state index is -4.86. The Morgan fingerprint density at radius 2 is 1.52 bits per heavy atom. The highest BCUT2D eigenvalue weighted by Gasteiger charge is 2.33. The molecule has 0 aliphatic carbocycles. The molecule has 0 bridgehead atoms. The lowest BCUT2D eigenvalue weighted by Crippen LogP contribution is -2.27. The van der Waals surface area contributed by atoms with Gasteiger partial charge in [0, 0.05) is 28.7 Å². The average Bonchev–Trinajstić information content (AvgIpc) is 3.53. The van der Waals surface area contributed by atoms with E-state index >= 15 is 0 Å². The fourth-order valence-corrected chi connectivity index (χ4v) is 5.84. The molecular formula is C39H37F3N2O6. The van der Waals surface area contributed by atoms with Crippen molar-refractivity contribution in [3.63, 3.8) is 0 Å². The smallest absolute Gasteiger partial charge is 0.466 e. The summed E-state index contributed by atoms with van der Waals surface area (Å²) in [6.45, 7) is 4.06. The van der Waals surface area contributed by atoms with Crippen LogP contribution in [-0.4, -0.2) is 37.3 Å². The molecule has 2 amide bonds. The van der Waals surface area contributed by atoms with Crippen LogP contribution in [-0.2, 0) is 14.3 Å². The van der Waals surface area contributed by atoms with E-state index in [1.807, 2.05) is 49.4 Å². The Bertz CT molecular complexity index is 1870. The molecule has 2 atom stereocenters. The van der Waals surface area contributed by atoms with Gasteiger partial charge >= 0.3 is 12.3 Å². The molecule has 4 aromatic carbocycles. The number of fused-ring (bicyclic) bond motifs is 1. The highest BCUT2D eigenvalue weighted by atomic mass is 19.4. The van der Waals surface area contributed by atoms with Gasteiger partial charge in [0.1, 0.15) is 17.1 Å². The number of carbonyl (C=O) groups is 3. The topological polar surface area (TPSA) is 107 Å². The SMILES string of the molecule is CCC[C@H](c1ccc(C(=O)NCCC(=O)OCC)cc1)C(C(=O)Nc1ccc(-c2cc3ccccc3o2)cc1)c1ccc(OC(F)(F)F)cc1. The van der Waals surface area contributed by atoms with Crippen molar-refractivity contribution in [2.24, 2.45) is 0 Å². The number of furan rings is 1. The van der Waals surface area contributed by atoms with Crippen molar-refractivity contribution < 1.29 is 41.4 Å². The minimum Gasteiger partial charge on any atom is -0.466 e. The number of amides is 2. The van der Waals surface area contributed by atoms with Gasteiger partial charge < -0.3 is 24.5 Å². The maximum atomic E-state index is 14.1. The molecule has 0 radical (unpaired) electrons. The second kappa shape index (κ2) is 16.2. The molecule has 0 saturated heterocycles. The number of ether oxygens (including phenoxy) is 2. The standard InChI is InChI=1S/C39H37F3N2O6/c1-3-7-32(25-10-12-28(13-11-25)37(46)43-23-22-35(45)48-4-2)36(27-16-20-31(21-17-27)50-39(40,41)42)38(47)44-30-18-14-26(15-19-30)34-24-29-8-5-6-9-33(29)49-34/h5-6,8-21,24,32,36H,3-4,7,22-23H2,1-2H3,(H,43,46)(H,44,47)/t32-,36?/m1/s1. The highest BCUT2D eigenvalue weighted by Crippen LogP contribution is 2.39. The number of hydrogen-bond acceptors (Lipinski definition) is 6. The maximum Gasteiger partial charge on any atom is 0.573 e. The molecule has 5 aromatic rings. The number of anilines is 1. The summed E-state index contributed by atoms with van der Waals surface area (Å²) < 4.78 is 53.6. The Labute approximate surface area is 287 Å². The molecule has 0 aliphatic rings. The predicted molar refractivity (Wildman–Crippen MR) is 184 cm³/mol. The van der Waals surface area contributed by atoms with Crippen LogP contribution >= 0.6 is 0 Å². The number of halogens is 3. The van der Waals surface area contributed by atoms with Crippen LogP contribution in [0.3, 0.4) is 0 Å². The van der Waals surface area contributed by atoms with E-state index < -0.39 is 29.9 Å².